The summed E-state index contributed by atoms with van der Waals surface area (Å²) in [6.07, 6.45) is 3.42. The first-order chi connectivity index (χ1) is 12.1. The fraction of sp³-hybridized carbons (Fsp3) is 0.500. The summed E-state index contributed by atoms with van der Waals surface area (Å²) in [5.41, 5.74) is 1.20. The lowest BCUT2D eigenvalue weighted by molar-refractivity contribution is -0.134. The number of rotatable bonds is 6. The van der Waals surface area contributed by atoms with E-state index < -0.39 is 0 Å². The average molecular weight is 377 g/mol. The molecule has 0 radical (unpaired) electrons. The Hall–Kier alpha value is -1.60. The standard InChI is InChI=1S/C18H24N4OS2/c1-13-7-6-8-14(2)22(13)16(23)12-24-18-21-20-17(25-18)19-11-15-9-4-3-5-10-15/h3-5,9-10,13-14H,6-8,11-12H2,1-2H3,(H,19,20)/t13-,14-/m1/s1. The summed E-state index contributed by atoms with van der Waals surface area (Å²) in [5.74, 6) is 0.640. The number of hydrogen-bond donors (Lipinski definition) is 1. The molecule has 7 heteroatoms. The van der Waals surface area contributed by atoms with Gasteiger partial charge in [-0.15, -0.1) is 10.2 Å². The molecular formula is C18H24N4OS2. The smallest absolute Gasteiger partial charge is 0.233 e. The second kappa shape index (κ2) is 8.67. The van der Waals surface area contributed by atoms with Gasteiger partial charge in [-0.1, -0.05) is 53.4 Å². The molecule has 1 aromatic carbocycles. The molecule has 2 atom stereocenters. The Morgan fingerprint density at radius 3 is 2.68 bits per heavy atom. The number of piperidine rings is 1. The molecule has 1 aliphatic rings. The van der Waals surface area contributed by atoms with Crippen LogP contribution in [0.1, 0.15) is 38.7 Å². The van der Waals surface area contributed by atoms with E-state index in [0.29, 0.717) is 17.8 Å². The Morgan fingerprint density at radius 1 is 1.24 bits per heavy atom. The van der Waals surface area contributed by atoms with Crippen LogP contribution in [-0.2, 0) is 11.3 Å². The van der Waals surface area contributed by atoms with Crippen LogP contribution in [0.15, 0.2) is 34.7 Å². The van der Waals surface area contributed by atoms with Crippen LogP contribution in [0.5, 0.6) is 0 Å². The lowest BCUT2D eigenvalue weighted by atomic mass is 9.98. The molecule has 0 aliphatic carbocycles. The molecule has 5 nitrogen and oxygen atoms in total. The van der Waals surface area contributed by atoms with Gasteiger partial charge in [-0.05, 0) is 38.7 Å². The van der Waals surface area contributed by atoms with E-state index in [2.05, 4.69) is 41.5 Å². The Kier molecular flexibility index (Phi) is 6.31. The second-order valence-corrected chi connectivity index (χ2v) is 8.63. The Labute approximate surface area is 157 Å². The fourth-order valence-electron chi connectivity index (χ4n) is 3.22. The van der Waals surface area contributed by atoms with Gasteiger partial charge < -0.3 is 10.2 Å². The van der Waals surface area contributed by atoms with Crippen molar-refractivity contribution in [3.8, 4) is 0 Å². The van der Waals surface area contributed by atoms with Gasteiger partial charge in [-0.3, -0.25) is 4.79 Å². The summed E-state index contributed by atoms with van der Waals surface area (Å²) >= 11 is 2.98. The summed E-state index contributed by atoms with van der Waals surface area (Å²) in [7, 11) is 0. The minimum Gasteiger partial charge on any atom is -0.356 e. The van der Waals surface area contributed by atoms with Crippen molar-refractivity contribution in [2.75, 3.05) is 11.1 Å². The Balaban J connectivity index is 1.49. The van der Waals surface area contributed by atoms with Gasteiger partial charge in [-0.2, -0.15) is 0 Å². The fourth-order valence-corrected chi connectivity index (χ4v) is 4.84. The third-order valence-electron chi connectivity index (χ3n) is 4.49. The molecule has 0 spiro atoms. The first-order valence-corrected chi connectivity index (χ1v) is 10.5. The van der Waals surface area contributed by atoms with E-state index in [-0.39, 0.29) is 5.91 Å². The van der Waals surface area contributed by atoms with Crippen molar-refractivity contribution in [3.63, 3.8) is 0 Å². The van der Waals surface area contributed by atoms with Gasteiger partial charge in [0.1, 0.15) is 0 Å². The van der Waals surface area contributed by atoms with Crippen LogP contribution in [0, 0.1) is 0 Å². The number of aromatic nitrogens is 2. The molecule has 2 aromatic rings. The quantitative estimate of drug-likeness (QED) is 0.771. The van der Waals surface area contributed by atoms with Crippen LogP contribution < -0.4 is 5.32 Å². The zero-order valence-electron chi connectivity index (χ0n) is 14.6. The monoisotopic (exact) mass is 376 g/mol. The number of hydrogen-bond acceptors (Lipinski definition) is 6. The van der Waals surface area contributed by atoms with Crippen LogP contribution in [0.25, 0.3) is 0 Å². The number of benzene rings is 1. The van der Waals surface area contributed by atoms with Gasteiger partial charge in [0.25, 0.3) is 0 Å². The molecule has 0 bridgehead atoms. The lowest BCUT2D eigenvalue weighted by Crippen LogP contribution is -2.48. The highest BCUT2D eigenvalue weighted by Crippen LogP contribution is 2.28. The summed E-state index contributed by atoms with van der Waals surface area (Å²) in [5, 5.41) is 12.4. The van der Waals surface area contributed by atoms with Gasteiger partial charge in [-0.25, -0.2) is 0 Å². The number of carbonyl (C=O) groups is 1. The molecule has 2 heterocycles. The maximum absolute atomic E-state index is 12.6. The molecule has 134 valence electrons. The van der Waals surface area contributed by atoms with Crippen LogP contribution >= 0.6 is 23.1 Å². The molecule has 1 aromatic heterocycles. The molecule has 3 rings (SSSR count). The molecule has 25 heavy (non-hydrogen) atoms. The van der Waals surface area contributed by atoms with E-state index in [0.717, 1.165) is 28.9 Å². The van der Waals surface area contributed by atoms with Gasteiger partial charge in [0.15, 0.2) is 4.34 Å². The van der Waals surface area contributed by atoms with Crippen LogP contribution in [-0.4, -0.2) is 38.8 Å². The molecule has 1 aliphatic heterocycles. The summed E-state index contributed by atoms with van der Waals surface area (Å²) in [4.78, 5) is 14.6. The van der Waals surface area contributed by atoms with Crippen molar-refractivity contribution in [2.45, 2.75) is 56.1 Å². The van der Waals surface area contributed by atoms with Crippen molar-refractivity contribution in [2.24, 2.45) is 0 Å². The van der Waals surface area contributed by atoms with Gasteiger partial charge in [0.05, 0.1) is 5.75 Å². The molecular weight excluding hydrogens is 352 g/mol. The lowest BCUT2D eigenvalue weighted by Gasteiger charge is -2.39. The van der Waals surface area contributed by atoms with Gasteiger partial charge in [0.2, 0.25) is 11.0 Å². The SMILES string of the molecule is C[C@@H]1CCC[C@@H](C)N1C(=O)CSc1nnc(NCc2ccccc2)s1. The van der Waals surface area contributed by atoms with E-state index in [9.17, 15) is 4.79 Å². The number of amides is 1. The molecule has 1 amide bonds. The number of nitrogens with one attached hydrogen (secondary N) is 1. The van der Waals surface area contributed by atoms with Crippen molar-refractivity contribution in [3.05, 3.63) is 35.9 Å². The minimum atomic E-state index is 0.207. The normalized spacial score (nSPS) is 20.5. The molecule has 1 N–H and O–H groups in total. The van der Waals surface area contributed by atoms with E-state index in [1.165, 1.54) is 35.1 Å². The maximum Gasteiger partial charge on any atom is 0.233 e. The van der Waals surface area contributed by atoms with E-state index in [4.69, 9.17) is 0 Å². The van der Waals surface area contributed by atoms with E-state index >= 15 is 0 Å². The number of carbonyl (C=O) groups excluding carboxylic acids is 1. The van der Waals surface area contributed by atoms with E-state index in [1.54, 1.807) is 0 Å². The highest BCUT2D eigenvalue weighted by molar-refractivity contribution is 8.01. The second-order valence-electron chi connectivity index (χ2n) is 6.43. The maximum atomic E-state index is 12.6. The number of anilines is 1. The molecule has 0 unspecified atom stereocenters. The summed E-state index contributed by atoms with van der Waals surface area (Å²) in [6.45, 7) is 5.02. The molecule has 1 saturated heterocycles. The zero-order chi connectivity index (χ0) is 17.6. The number of thioether (sulfide) groups is 1. The topological polar surface area (TPSA) is 58.1 Å². The van der Waals surface area contributed by atoms with Crippen molar-refractivity contribution >= 4 is 34.1 Å². The van der Waals surface area contributed by atoms with Crippen LogP contribution in [0.2, 0.25) is 0 Å². The summed E-state index contributed by atoms with van der Waals surface area (Å²) < 4.78 is 0.834. The third kappa shape index (κ3) is 4.95. The van der Waals surface area contributed by atoms with Crippen molar-refractivity contribution in [1.29, 1.82) is 0 Å². The first kappa shape index (κ1) is 18.2. The van der Waals surface area contributed by atoms with Crippen LogP contribution in [0.3, 0.4) is 0 Å². The van der Waals surface area contributed by atoms with E-state index in [1.807, 2.05) is 23.1 Å². The largest absolute Gasteiger partial charge is 0.356 e. The summed E-state index contributed by atoms with van der Waals surface area (Å²) in [6, 6.07) is 10.9. The Morgan fingerprint density at radius 2 is 1.96 bits per heavy atom. The highest BCUT2D eigenvalue weighted by atomic mass is 32.2. The number of likely N-dealkylation sites (tertiary alicyclic amines) is 1. The average Bonchev–Trinajstić information content (AvgIpc) is 3.07. The zero-order valence-corrected chi connectivity index (χ0v) is 16.3. The minimum absolute atomic E-state index is 0.207. The molecule has 0 saturated carbocycles. The van der Waals surface area contributed by atoms with Crippen molar-refractivity contribution in [1.82, 2.24) is 15.1 Å². The predicted molar refractivity (Wildman–Crippen MR) is 104 cm³/mol. The number of nitrogens with zero attached hydrogens (tertiary/aromatic N) is 3. The van der Waals surface area contributed by atoms with Crippen molar-refractivity contribution < 1.29 is 4.79 Å². The predicted octanol–water partition coefficient (Wildman–Crippen LogP) is 4.03. The highest BCUT2D eigenvalue weighted by Gasteiger charge is 2.28. The van der Waals surface area contributed by atoms with Gasteiger partial charge in [0, 0.05) is 18.6 Å². The third-order valence-corrected chi connectivity index (χ3v) is 6.49. The Bertz CT molecular complexity index is 681. The molecule has 1 fully saturated rings. The van der Waals surface area contributed by atoms with Gasteiger partial charge >= 0.3 is 0 Å². The first-order valence-electron chi connectivity index (χ1n) is 8.68. The van der Waals surface area contributed by atoms with Crippen LogP contribution in [0.4, 0.5) is 5.13 Å².